The van der Waals surface area contributed by atoms with E-state index in [4.69, 9.17) is 11.6 Å². The van der Waals surface area contributed by atoms with Crippen molar-refractivity contribution in [2.45, 2.75) is 38.3 Å². The molecule has 4 rings (SSSR count). The van der Waals surface area contributed by atoms with Gasteiger partial charge in [0, 0.05) is 29.4 Å². The van der Waals surface area contributed by atoms with Crippen LogP contribution in [-0.4, -0.2) is 61.5 Å². The fraction of sp³-hybridized carbons (Fsp3) is 0.385. The Morgan fingerprint density at radius 2 is 1.89 bits per heavy atom. The van der Waals surface area contributed by atoms with Gasteiger partial charge in [-0.05, 0) is 66.9 Å². The van der Waals surface area contributed by atoms with E-state index in [1.165, 1.54) is 7.05 Å². The Morgan fingerprint density at radius 1 is 1.17 bits per heavy atom. The average molecular weight is 548 g/mol. The average Bonchev–Trinajstić information content (AvgIpc) is 3.25. The van der Waals surface area contributed by atoms with Gasteiger partial charge in [0.25, 0.3) is 0 Å². The fourth-order valence-electron chi connectivity index (χ4n) is 4.56. The third-order valence-electron chi connectivity index (χ3n) is 6.81. The van der Waals surface area contributed by atoms with E-state index < -0.39 is 15.6 Å². The van der Waals surface area contributed by atoms with Crippen LogP contribution in [0.5, 0.6) is 0 Å². The molecular weight excluding hydrogens is 518 g/mol. The molecule has 192 valence electrons. The molecule has 36 heavy (non-hydrogen) atoms. The summed E-state index contributed by atoms with van der Waals surface area (Å²) in [4.78, 5) is 30.5. The maximum absolute atomic E-state index is 13.8. The van der Waals surface area contributed by atoms with Crippen LogP contribution in [0.2, 0.25) is 5.02 Å². The summed E-state index contributed by atoms with van der Waals surface area (Å²) in [7, 11) is -2.01. The monoisotopic (exact) mass is 547 g/mol. The highest BCUT2D eigenvalue weighted by Gasteiger charge is 2.50. The molecule has 0 spiro atoms. The van der Waals surface area contributed by atoms with Crippen LogP contribution in [0.4, 0.5) is 0 Å². The summed E-state index contributed by atoms with van der Waals surface area (Å²) in [5, 5.41) is 3.68. The van der Waals surface area contributed by atoms with E-state index in [0.717, 1.165) is 21.2 Å². The van der Waals surface area contributed by atoms with Crippen LogP contribution in [0.1, 0.15) is 30.9 Å². The van der Waals surface area contributed by atoms with Gasteiger partial charge in [0.1, 0.15) is 5.54 Å². The minimum Gasteiger partial charge on any atom is -0.336 e. The predicted octanol–water partition coefficient (Wildman–Crippen LogP) is 4.06. The Morgan fingerprint density at radius 3 is 2.56 bits per heavy atom. The third kappa shape index (κ3) is 5.75. The summed E-state index contributed by atoms with van der Waals surface area (Å²) in [5.41, 5.74) is 0.893. The molecule has 0 aliphatic carbocycles. The van der Waals surface area contributed by atoms with Crippen LogP contribution in [0.25, 0.3) is 10.1 Å². The Labute approximate surface area is 221 Å². The van der Waals surface area contributed by atoms with E-state index in [9.17, 15) is 18.0 Å². The van der Waals surface area contributed by atoms with Crippen molar-refractivity contribution >= 4 is 54.9 Å². The van der Waals surface area contributed by atoms with E-state index in [0.29, 0.717) is 24.5 Å². The van der Waals surface area contributed by atoms with Crippen molar-refractivity contribution in [3.05, 3.63) is 70.1 Å². The van der Waals surface area contributed by atoms with Crippen molar-refractivity contribution < 1.29 is 18.0 Å². The number of carbonyl (C=O) groups excluding carboxylic acids is 2. The van der Waals surface area contributed by atoms with Gasteiger partial charge in [0.2, 0.25) is 21.8 Å². The first kappa shape index (κ1) is 26.6. The normalized spacial score (nSPS) is 17.7. The minimum atomic E-state index is -3.39. The Kier molecular flexibility index (Phi) is 8.04. The fourth-order valence-corrected chi connectivity index (χ4v) is 6.36. The number of benzene rings is 2. The summed E-state index contributed by atoms with van der Waals surface area (Å²) in [5.74, 6) is -0.336. The van der Waals surface area contributed by atoms with Gasteiger partial charge in [-0.15, -0.1) is 11.3 Å². The van der Waals surface area contributed by atoms with E-state index >= 15 is 0 Å². The van der Waals surface area contributed by atoms with Gasteiger partial charge < -0.3 is 9.80 Å². The Bertz CT molecular complexity index is 1360. The number of halogens is 1. The first-order chi connectivity index (χ1) is 17.1. The number of hydrogen-bond donors (Lipinski definition) is 1. The molecule has 1 atom stereocenters. The molecule has 2 aromatic carbocycles. The number of nitrogens with one attached hydrogen (secondary N) is 1. The SMILES string of the molecule is CNS(=O)(=O)CCCN(Cc1ccc(Cl)cc1)C(=O)C1(C)CCN1C(=O)Cc1csc2ccccc12. The van der Waals surface area contributed by atoms with Crippen molar-refractivity contribution in [1.29, 1.82) is 0 Å². The molecule has 1 N–H and O–H groups in total. The van der Waals surface area contributed by atoms with Gasteiger partial charge >= 0.3 is 0 Å². The lowest BCUT2D eigenvalue weighted by Gasteiger charge is -2.51. The van der Waals surface area contributed by atoms with Gasteiger partial charge in [-0.2, -0.15) is 0 Å². The maximum Gasteiger partial charge on any atom is 0.248 e. The first-order valence-corrected chi connectivity index (χ1v) is 14.7. The molecule has 10 heteroatoms. The molecule has 2 heterocycles. The molecule has 1 aliphatic rings. The minimum absolute atomic E-state index is 0.0788. The van der Waals surface area contributed by atoms with E-state index in [2.05, 4.69) is 4.72 Å². The highest BCUT2D eigenvalue weighted by Crippen LogP contribution is 2.35. The lowest BCUT2D eigenvalue weighted by molar-refractivity contribution is -0.164. The number of fused-ring (bicyclic) bond motifs is 1. The number of nitrogens with zero attached hydrogens (tertiary/aromatic N) is 2. The van der Waals surface area contributed by atoms with Crippen molar-refractivity contribution in [1.82, 2.24) is 14.5 Å². The van der Waals surface area contributed by atoms with E-state index in [-0.39, 0.29) is 37.0 Å². The van der Waals surface area contributed by atoms with Crippen LogP contribution < -0.4 is 4.72 Å². The highest BCUT2D eigenvalue weighted by atomic mass is 35.5. The second kappa shape index (κ2) is 10.9. The van der Waals surface area contributed by atoms with E-state index in [1.54, 1.807) is 33.3 Å². The molecule has 1 unspecified atom stereocenters. The highest BCUT2D eigenvalue weighted by molar-refractivity contribution is 7.89. The first-order valence-electron chi connectivity index (χ1n) is 11.8. The van der Waals surface area contributed by atoms with Crippen molar-refractivity contribution in [3.63, 3.8) is 0 Å². The second-order valence-corrected chi connectivity index (χ2v) is 12.6. The van der Waals surface area contributed by atoms with Crippen LogP contribution in [0.15, 0.2) is 53.9 Å². The number of amides is 2. The van der Waals surface area contributed by atoms with Gasteiger partial charge in [0.15, 0.2) is 0 Å². The largest absolute Gasteiger partial charge is 0.336 e. The molecule has 0 bridgehead atoms. The molecule has 1 fully saturated rings. The molecule has 0 saturated carbocycles. The Balaban J connectivity index is 1.50. The third-order valence-corrected chi connectivity index (χ3v) is 9.52. The lowest BCUT2D eigenvalue weighted by atomic mass is 9.84. The predicted molar refractivity (Wildman–Crippen MR) is 145 cm³/mol. The summed E-state index contributed by atoms with van der Waals surface area (Å²) in [6.45, 7) is 2.89. The molecular formula is C26H30ClN3O4S2. The number of carbonyl (C=O) groups is 2. The zero-order valence-corrected chi connectivity index (χ0v) is 22.8. The number of hydrogen-bond acceptors (Lipinski definition) is 5. The summed E-state index contributed by atoms with van der Waals surface area (Å²) < 4.78 is 27.3. The van der Waals surface area contributed by atoms with Crippen LogP contribution in [-0.2, 0) is 32.6 Å². The summed E-state index contributed by atoms with van der Waals surface area (Å²) in [6.07, 6.45) is 1.09. The zero-order valence-electron chi connectivity index (χ0n) is 20.4. The molecule has 1 aromatic heterocycles. The molecule has 2 amide bonds. The standard InChI is InChI=1S/C26H30ClN3O4S2/c1-26(12-14-30(26)24(31)16-20-18-35-23-7-4-3-6-22(20)23)25(32)29(13-5-15-36(33,34)28-2)17-19-8-10-21(27)11-9-19/h3-4,6-11,18,28H,5,12-17H2,1-2H3. The quantitative estimate of drug-likeness (QED) is 0.415. The zero-order chi connectivity index (χ0) is 25.9. The van der Waals surface area contributed by atoms with Crippen LogP contribution in [0.3, 0.4) is 0 Å². The topological polar surface area (TPSA) is 86.8 Å². The number of sulfonamides is 1. The smallest absolute Gasteiger partial charge is 0.248 e. The van der Waals surface area contributed by atoms with Crippen LogP contribution in [0, 0.1) is 0 Å². The lowest BCUT2D eigenvalue weighted by Crippen LogP contribution is -2.68. The Hall–Kier alpha value is -2.46. The number of likely N-dealkylation sites (tertiary alicyclic amines) is 1. The second-order valence-electron chi connectivity index (χ2n) is 9.23. The molecule has 1 saturated heterocycles. The van der Waals surface area contributed by atoms with Gasteiger partial charge in [-0.25, -0.2) is 13.1 Å². The van der Waals surface area contributed by atoms with Crippen LogP contribution >= 0.6 is 22.9 Å². The van der Waals surface area contributed by atoms with Crippen molar-refractivity contribution in [2.24, 2.45) is 0 Å². The summed E-state index contributed by atoms with van der Waals surface area (Å²) >= 11 is 7.63. The van der Waals surface area contributed by atoms with Gasteiger partial charge in [0.05, 0.1) is 12.2 Å². The maximum atomic E-state index is 13.8. The van der Waals surface area contributed by atoms with Crippen molar-refractivity contribution in [3.8, 4) is 0 Å². The molecule has 3 aromatic rings. The van der Waals surface area contributed by atoms with Gasteiger partial charge in [-0.3, -0.25) is 9.59 Å². The van der Waals surface area contributed by atoms with Crippen molar-refractivity contribution in [2.75, 3.05) is 25.9 Å². The molecule has 1 aliphatic heterocycles. The van der Waals surface area contributed by atoms with E-state index in [1.807, 2.05) is 48.7 Å². The number of rotatable bonds is 10. The van der Waals surface area contributed by atoms with Gasteiger partial charge in [-0.1, -0.05) is 41.9 Å². The summed E-state index contributed by atoms with van der Waals surface area (Å²) in [6, 6.07) is 15.2. The number of thiophene rings is 1. The molecule has 0 radical (unpaired) electrons. The molecule has 7 nitrogen and oxygen atoms in total.